The first-order valence-corrected chi connectivity index (χ1v) is 4.68. The number of halogens is 3. The van der Waals surface area contributed by atoms with Crippen LogP contribution >= 0.6 is 0 Å². The lowest BCUT2D eigenvalue weighted by atomic mass is 10.2. The number of rotatable bonds is 2. The van der Waals surface area contributed by atoms with Gasteiger partial charge in [-0.15, -0.1) is 0 Å². The maximum Gasteiger partial charge on any atom is 0.261 e. The van der Waals surface area contributed by atoms with Crippen LogP contribution in [0.5, 0.6) is 0 Å². The fourth-order valence-electron chi connectivity index (χ4n) is 1.17. The lowest BCUT2D eigenvalue weighted by molar-refractivity contribution is 0.102. The minimum atomic E-state index is -1.69. The number of nitrogens with zero attached hydrogens (tertiary/aromatic N) is 3. The SMILES string of the molecule is O=C(Nc1ncccn1)c1cc(F)nc(F)c1F. The van der Waals surface area contributed by atoms with E-state index in [2.05, 4.69) is 20.3 Å². The van der Waals surface area contributed by atoms with Gasteiger partial charge in [0.1, 0.15) is 0 Å². The molecule has 0 fully saturated rings. The summed E-state index contributed by atoms with van der Waals surface area (Å²) < 4.78 is 38.8. The van der Waals surface area contributed by atoms with Crippen molar-refractivity contribution >= 4 is 11.9 Å². The second-order valence-electron chi connectivity index (χ2n) is 3.12. The number of nitrogens with one attached hydrogen (secondary N) is 1. The summed E-state index contributed by atoms with van der Waals surface area (Å²) in [6.07, 6.45) is 2.68. The smallest absolute Gasteiger partial charge is 0.261 e. The van der Waals surface area contributed by atoms with Crippen LogP contribution in [0.1, 0.15) is 10.4 Å². The molecule has 0 aromatic carbocycles. The monoisotopic (exact) mass is 254 g/mol. The number of pyridine rings is 1. The molecule has 92 valence electrons. The third-order valence-corrected chi connectivity index (χ3v) is 1.92. The molecule has 0 atom stereocenters. The number of aromatic nitrogens is 3. The summed E-state index contributed by atoms with van der Waals surface area (Å²) in [5, 5.41) is 2.09. The van der Waals surface area contributed by atoms with Crippen molar-refractivity contribution in [3.05, 3.63) is 47.8 Å². The van der Waals surface area contributed by atoms with E-state index in [0.717, 1.165) is 0 Å². The Morgan fingerprint density at radius 3 is 2.50 bits per heavy atom. The number of hydrogen-bond acceptors (Lipinski definition) is 4. The van der Waals surface area contributed by atoms with Crippen LogP contribution in [0.25, 0.3) is 0 Å². The molecule has 2 rings (SSSR count). The van der Waals surface area contributed by atoms with Crippen molar-refractivity contribution in [3.8, 4) is 0 Å². The Labute approximate surface area is 98.7 Å². The number of hydrogen-bond donors (Lipinski definition) is 1. The van der Waals surface area contributed by atoms with E-state index in [1.54, 1.807) is 0 Å². The number of carbonyl (C=O) groups excluding carboxylic acids is 1. The Kier molecular flexibility index (Phi) is 3.18. The highest BCUT2D eigenvalue weighted by Crippen LogP contribution is 2.12. The number of amides is 1. The predicted molar refractivity (Wildman–Crippen MR) is 54.1 cm³/mol. The molecule has 1 N–H and O–H groups in total. The number of anilines is 1. The molecule has 2 heterocycles. The van der Waals surface area contributed by atoms with Gasteiger partial charge >= 0.3 is 0 Å². The molecule has 0 radical (unpaired) electrons. The van der Waals surface area contributed by atoms with E-state index in [0.29, 0.717) is 6.07 Å². The van der Waals surface area contributed by atoms with E-state index >= 15 is 0 Å². The van der Waals surface area contributed by atoms with Crippen molar-refractivity contribution in [2.24, 2.45) is 0 Å². The molecule has 5 nitrogen and oxygen atoms in total. The van der Waals surface area contributed by atoms with Crippen molar-refractivity contribution in [2.75, 3.05) is 5.32 Å². The second-order valence-corrected chi connectivity index (χ2v) is 3.12. The Hall–Kier alpha value is -2.51. The second kappa shape index (κ2) is 4.78. The summed E-state index contributed by atoms with van der Waals surface area (Å²) in [5.41, 5.74) is -0.813. The van der Waals surface area contributed by atoms with Gasteiger partial charge in [-0.1, -0.05) is 0 Å². The summed E-state index contributed by atoms with van der Waals surface area (Å²) in [5.74, 6) is -5.70. The van der Waals surface area contributed by atoms with Gasteiger partial charge in [-0.05, 0) is 6.07 Å². The predicted octanol–water partition coefficient (Wildman–Crippen LogP) is 1.54. The third kappa shape index (κ3) is 2.42. The molecule has 0 saturated heterocycles. The summed E-state index contributed by atoms with van der Waals surface area (Å²) in [6, 6.07) is 1.98. The van der Waals surface area contributed by atoms with Gasteiger partial charge in [0, 0.05) is 18.5 Å². The zero-order valence-electron chi connectivity index (χ0n) is 8.69. The van der Waals surface area contributed by atoms with Crippen LogP contribution in [0.4, 0.5) is 19.1 Å². The molecular weight excluding hydrogens is 249 g/mol. The highest BCUT2D eigenvalue weighted by molar-refractivity contribution is 6.03. The van der Waals surface area contributed by atoms with Gasteiger partial charge < -0.3 is 0 Å². The molecule has 2 aromatic rings. The normalized spacial score (nSPS) is 10.2. The summed E-state index contributed by atoms with van der Waals surface area (Å²) in [6.45, 7) is 0. The average Bonchev–Trinajstić information content (AvgIpc) is 2.35. The van der Waals surface area contributed by atoms with Crippen molar-refractivity contribution in [1.29, 1.82) is 0 Å². The first-order valence-electron chi connectivity index (χ1n) is 4.68. The molecule has 0 saturated carbocycles. The van der Waals surface area contributed by atoms with Crippen LogP contribution < -0.4 is 5.32 Å². The zero-order chi connectivity index (χ0) is 13.1. The standard InChI is InChI=1S/C10H5F3N4O/c11-6-4-5(7(12)8(13)16-6)9(18)17-10-14-2-1-3-15-10/h1-4H,(H,14,15,17,18). The molecule has 2 aromatic heterocycles. The largest absolute Gasteiger partial charge is 0.290 e. The van der Waals surface area contributed by atoms with Gasteiger partial charge in [0.15, 0.2) is 5.82 Å². The Morgan fingerprint density at radius 2 is 1.83 bits per heavy atom. The fourth-order valence-corrected chi connectivity index (χ4v) is 1.17. The topological polar surface area (TPSA) is 67.8 Å². The van der Waals surface area contributed by atoms with Crippen molar-refractivity contribution in [1.82, 2.24) is 15.0 Å². The van der Waals surface area contributed by atoms with Crippen LogP contribution in [-0.4, -0.2) is 20.9 Å². The molecule has 18 heavy (non-hydrogen) atoms. The van der Waals surface area contributed by atoms with E-state index in [1.807, 2.05) is 0 Å². The third-order valence-electron chi connectivity index (χ3n) is 1.92. The fraction of sp³-hybridized carbons (Fsp3) is 0. The zero-order valence-corrected chi connectivity index (χ0v) is 8.69. The maximum atomic E-state index is 13.2. The maximum absolute atomic E-state index is 13.2. The van der Waals surface area contributed by atoms with Crippen molar-refractivity contribution in [2.45, 2.75) is 0 Å². The quantitative estimate of drug-likeness (QED) is 0.825. The molecule has 1 amide bonds. The van der Waals surface area contributed by atoms with E-state index in [-0.39, 0.29) is 5.95 Å². The van der Waals surface area contributed by atoms with Crippen LogP contribution in [0.3, 0.4) is 0 Å². The molecule has 0 aliphatic rings. The Bertz CT molecular complexity index is 591. The highest BCUT2D eigenvalue weighted by Gasteiger charge is 2.19. The number of carbonyl (C=O) groups is 1. The molecule has 0 spiro atoms. The van der Waals surface area contributed by atoms with Gasteiger partial charge in [0.25, 0.3) is 11.9 Å². The summed E-state index contributed by atoms with van der Waals surface area (Å²) in [7, 11) is 0. The highest BCUT2D eigenvalue weighted by atomic mass is 19.2. The first kappa shape index (κ1) is 12.0. The van der Waals surface area contributed by atoms with E-state index in [1.165, 1.54) is 18.5 Å². The van der Waals surface area contributed by atoms with Gasteiger partial charge in [-0.3, -0.25) is 10.1 Å². The van der Waals surface area contributed by atoms with E-state index < -0.39 is 29.2 Å². The van der Waals surface area contributed by atoms with Crippen LogP contribution in [-0.2, 0) is 0 Å². The molecule has 8 heteroatoms. The van der Waals surface area contributed by atoms with Gasteiger partial charge in [-0.25, -0.2) is 14.4 Å². The van der Waals surface area contributed by atoms with E-state index in [9.17, 15) is 18.0 Å². The lowest BCUT2D eigenvalue weighted by Gasteiger charge is -2.04. The minimum absolute atomic E-state index is 0.112. The van der Waals surface area contributed by atoms with E-state index in [4.69, 9.17) is 0 Å². The van der Waals surface area contributed by atoms with Crippen LogP contribution in [0.15, 0.2) is 24.5 Å². The molecule has 0 aliphatic carbocycles. The minimum Gasteiger partial charge on any atom is -0.290 e. The Morgan fingerprint density at radius 1 is 1.17 bits per heavy atom. The van der Waals surface area contributed by atoms with Crippen molar-refractivity contribution < 1.29 is 18.0 Å². The van der Waals surface area contributed by atoms with Crippen LogP contribution in [0.2, 0.25) is 0 Å². The first-order chi connectivity index (χ1) is 8.58. The Balaban J connectivity index is 2.30. The summed E-state index contributed by atoms with van der Waals surface area (Å²) >= 11 is 0. The van der Waals surface area contributed by atoms with Crippen molar-refractivity contribution in [3.63, 3.8) is 0 Å². The molecule has 0 unspecified atom stereocenters. The molecular formula is C10H5F3N4O. The average molecular weight is 254 g/mol. The van der Waals surface area contributed by atoms with Gasteiger partial charge in [0.05, 0.1) is 5.56 Å². The molecule has 0 aliphatic heterocycles. The molecule has 0 bridgehead atoms. The van der Waals surface area contributed by atoms with Gasteiger partial charge in [0.2, 0.25) is 11.9 Å². The van der Waals surface area contributed by atoms with Crippen LogP contribution in [0, 0.1) is 17.7 Å². The lowest BCUT2D eigenvalue weighted by Crippen LogP contribution is -2.17. The summed E-state index contributed by atoms with van der Waals surface area (Å²) in [4.78, 5) is 21.5. The van der Waals surface area contributed by atoms with Gasteiger partial charge in [-0.2, -0.15) is 13.8 Å².